The van der Waals surface area contributed by atoms with Crippen molar-refractivity contribution in [3.05, 3.63) is 5.82 Å². The Morgan fingerprint density at radius 1 is 1.53 bits per heavy atom. The average Bonchev–Trinajstić information content (AvgIpc) is 2.65. The van der Waals surface area contributed by atoms with Gasteiger partial charge in [0.05, 0.1) is 6.61 Å². The molecule has 0 amide bonds. The molecule has 0 fully saturated rings. The van der Waals surface area contributed by atoms with E-state index in [2.05, 4.69) is 9.36 Å². The average molecular weight is 319 g/mol. The highest BCUT2D eigenvalue weighted by Gasteiger charge is 2.29. The van der Waals surface area contributed by atoms with Crippen LogP contribution >= 0.6 is 46.3 Å². The van der Waals surface area contributed by atoms with Crippen LogP contribution in [0.3, 0.4) is 0 Å². The summed E-state index contributed by atoms with van der Waals surface area (Å²) < 4.78 is 7.06. The fourth-order valence-electron chi connectivity index (χ4n) is 0.954. The zero-order valence-electron chi connectivity index (χ0n) is 9.11. The van der Waals surface area contributed by atoms with Gasteiger partial charge in [0.15, 0.2) is 5.82 Å². The monoisotopic (exact) mass is 317 g/mol. The van der Waals surface area contributed by atoms with Crippen LogP contribution < -0.4 is 4.90 Å². The van der Waals surface area contributed by atoms with Gasteiger partial charge in [0, 0.05) is 18.6 Å². The minimum absolute atomic E-state index is 0.0718. The third-order valence-electron chi connectivity index (χ3n) is 1.67. The summed E-state index contributed by atoms with van der Waals surface area (Å²) in [6.45, 7) is 2.15. The number of nitrogens with zero attached hydrogens (tertiary/aromatic N) is 3. The number of hydrogen-bond acceptors (Lipinski definition) is 6. The SMILES string of the molecule is CCOC(=O)CN(C)c1nc(C(Cl)(Cl)Cl)ns1. The van der Waals surface area contributed by atoms with Crippen molar-refractivity contribution in [3.8, 4) is 0 Å². The molecule has 0 spiro atoms. The van der Waals surface area contributed by atoms with E-state index >= 15 is 0 Å². The number of rotatable bonds is 4. The lowest BCUT2D eigenvalue weighted by atomic mass is 10.6. The van der Waals surface area contributed by atoms with Crippen LogP contribution in [0.5, 0.6) is 0 Å². The molecule has 0 radical (unpaired) electrons. The van der Waals surface area contributed by atoms with Gasteiger partial charge in [-0.1, -0.05) is 34.8 Å². The van der Waals surface area contributed by atoms with Gasteiger partial charge < -0.3 is 9.64 Å². The lowest BCUT2D eigenvalue weighted by Gasteiger charge is -2.13. The van der Waals surface area contributed by atoms with E-state index in [-0.39, 0.29) is 18.3 Å². The zero-order valence-corrected chi connectivity index (χ0v) is 12.2. The van der Waals surface area contributed by atoms with Crippen LogP contribution in [0.25, 0.3) is 0 Å². The summed E-state index contributed by atoms with van der Waals surface area (Å²) in [5.74, 6) is -0.251. The highest BCUT2D eigenvalue weighted by Crippen LogP contribution is 2.37. The molecule has 0 saturated heterocycles. The van der Waals surface area contributed by atoms with Gasteiger partial charge in [0.25, 0.3) is 3.79 Å². The highest BCUT2D eigenvalue weighted by molar-refractivity contribution is 7.09. The number of carbonyl (C=O) groups excluding carboxylic acids is 1. The van der Waals surface area contributed by atoms with E-state index in [9.17, 15) is 4.79 Å². The Kier molecular flexibility index (Phi) is 5.24. The fourth-order valence-corrected chi connectivity index (χ4v) is 2.03. The number of halogens is 3. The molecule has 0 atom stereocenters. The quantitative estimate of drug-likeness (QED) is 0.630. The molecule has 1 aromatic rings. The van der Waals surface area contributed by atoms with Crippen LogP contribution in [-0.4, -0.2) is 35.5 Å². The molecule has 0 aliphatic carbocycles. The Bertz CT molecular complexity index is 394. The number of anilines is 1. The molecule has 9 heteroatoms. The van der Waals surface area contributed by atoms with Crippen molar-refractivity contribution < 1.29 is 9.53 Å². The van der Waals surface area contributed by atoms with Crippen LogP contribution in [0.2, 0.25) is 0 Å². The highest BCUT2D eigenvalue weighted by atomic mass is 35.6. The maximum Gasteiger partial charge on any atom is 0.325 e. The van der Waals surface area contributed by atoms with Gasteiger partial charge in [-0.05, 0) is 6.92 Å². The molecule has 17 heavy (non-hydrogen) atoms. The van der Waals surface area contributed by atoms with Crippen LogP contribution in [0, 0.1) is 0 Å². The van der Waals surface area contributed by atoms with Crippen molar-refractivity contribution in [2.24, 2.45) is 0 Å². The van der Waals surface area contributed by atoms with Gasteiger partial charge in [-0.25, -0.2) is 0 Å². The lowest BCUT2D eigenvalue weighted by molar-refractivity contribution is -0.141. The van der Waals surface area contributed by atoms with Crippen LogP contribution in [0.1, 0.15) is 12.7 Å². The molecule has 1 rings (SSSR count). The second-order valence-corrected chi connectivity index (χ2v) is 6.07. The number of carbonyl (C=O) groups is 1. The molecular weight excluding hydrogens is 309 g/mol. The normalized spacial score (nSPS) is 11.4. The molecule has 0 aromatic carbocycles. The van der Waals surface area contributed by atoms with Crippen molar-refractivity contribution in [1.82, 2.24) is 9.36 Å². The van der Waals surface area contributed by atoms with Crippen LogP contribution in [-0.2, 0) is 13.3 Å². The Balaban J connectivity index is 2.67. The van der Waals surface area contributed by atoms with E-state index in [0.29, 0.717) is 11.7 Å². The molecule has 96 valence electrons. The van der Waals surface area contributed by atoms with Crippen molar-refractivity contribution in [3.63, 3.8) is 0 Å². The summed E-state index contributed by atoms with van der Waals surface area (Å²) in [5, 5.41) is 0.486. The second-order valence-electron chi connectivity index (χ2n) is 3.06. The third kappa shape index (κ3) is 4.46. The van der Waals surface area contributed by atoms with Crippen molar-refractivity contribution in [2.75, 3.05) is 25.1 Å². The van der Waals surface area contributed by atoms with Gasteiger partial charge in [0.1, 0.15) is 6.54 Å². The van der Waals surface area contributed by atoms with E-state index in [4.69, 9.17) is 39.5 Å². The number of hydrogen-bond donors (Lipinski definition) is 0. The molecule has 1 aromatic heterocycles. The molecule has 1 heterocycles. The van der Waals surface area contributed by atoms with Gasteiger partial charge in [-0.2, -0.15) is 9.36 Å². The first kappa shape index (κ1) is 14.8. The maximum absolute atomic E-state index is 11.2. The van der Waals surface area contributed by atoms with Crippen molar-refractivity contribution in [1.29, 1.82) is 0 Å². The number of likely N-dealkylation sites (N-methyl/N-ethyl adjacent to an activating group) is 1. The molecule has 0 bridgehead atoms. The second kappa shape index (κ2) is 6.04. The summed E-state index contributed by atoms with van der Waals surface area (Å²) in [7, 11) is 1.68. The molecule has 0 unspecified atom stereocenters. The summed E-state index contributed by atoms with van der Waals surface area (Å²) in [6.07, 6.45) is 0. The Labute approximate surface area is 118 Å². The smallest absolute Gasteiger partial charge is 0.325 e. The van der Waals surface area contributed by atoms with Crippen molar-refractivity contribution in [2.45, 2.75) is 10.7 Å². The summed E-state index contributed by atoms with van der Waals surface area (Å²) in [4.78, 5) is 16.8. The Morgan fingerprint density at radius 3 is 2.65 bits per heavy atom. The van der Waals surface area contributed by atoms with Crippen LogP contribution in [0.4, 0.5) is 5.13 Å². The Hall–Kier alpha value is -0.300. The summed E-state index contributed by atoms with van der Waals surface area (Å²) in [6, 6.07) is 0. The lowest BCUT2D eigenvalue weighted by Crippen LogP contribution is -2.27. The number of alkyl halides is 3. The minimum Gasteiger partial charge on any atom is -0.465 e. The molecule has 5 nitrogen and oxygen atoms in total. The topological polar surface area (TPSA) is 55.3 Å². The first-order valence-electron chi connectivity index (χ1n) is 4.62. The van der Waals surface area contributed by atoms with Crippen molar-refractivity contribution >= 4 is 57.4 Å². The first-order valence-corrected chi connectivity index (χ1v) is 6.53. The largest absolute Gasteiger partial charge is 0.465 e. The van der Waals surface area contributed by atoms with E-state index in [1.165, 1.54) is 0 Å². The molecule has 0 N–H and O–H groups in total. The predicted octanol–water partition coefficient (Wildman–Crippen LogP) is 2.36. The minimum atomic E-state index is -1.65. The van der Waals surface area contributed by atoms with Gasteiger partial charge >= 0.3 is 5.97 Å². The van der Waals surface area contributed by atoms with Gasteiger partial charge in [-0.3, -0.25) is 4.79 Å². The predicted molar refractivity (Wildman–Crippen MR) is 69.0 cm³/mol. The van der Waals surface area contributed by atoms with Crippen LogP contribution in [0.15, 0.2) is 0 Å². The van der Waals surface area contributed by atoms with Gasteiger partial charge in [-0.15, -0.1) is 0 Å². The molecule has 0 aliphatic heterocycles. The number of esters is 1. The third-order valence-corrected chi connectivity index (χ3v) is 3.00. The van der Waals surface area contributed by atoms with Gasteiger partial charge in [0.2, 0.25) is 5.13 Å². The number of aromatic nitrogens is 2. The van der Waals surface area contributed by atoms with E-state index in [0.717, 1.165) is 11.5 Å². The maximum atomic E-state index is 11.2. The first-order chi connectivity index (χ1) is 7.84. The van der Waals surface area contributed by atoms with E-state index < -0.39 is 3.79 Å². The fraction of sp³-hybridized carbons (Fsp3) is 0.625. The number of ether oxygens (including phenoxy) is 1. The molecule has 0 saturated carbocycles. The Morgan fingerprint density at radius 2 is 2.18 bits per heavy atom. The molecular formula is C8H10Cl3N3O2S. The standard InChI is InChI=1S/C8H10Cl3N3O2S/c1-3-16-5(15)4-14(2)7-12-6(13-17-7)8(9,10)11/h3-4H2,1-2H3. The summed E-state index contributed by atoms with van der Waals surface area (Å²) >= 11 is 18.0. The zero-order chi connectivity index (χ0) is 13.1. The van der Waals surface area contributed by atoms with E-state index in [1.807, 2.05) is 0 Å². The molecule has 0 aliphatic rings. The summed E-state index contributed by atoms with van der Waals surface area (Å²) in [5.41, 5.74) is 0. The van der Waals surface area contributed by atoms with E-state index in [1.54, 1.807) is 18.9 Å².